The van der Waals surface area contributed by atoms with E-state index in [-0.39, 0.29) is 5.41 Å². The number of allylic oxidation sites excluding steroid dienone is 2. The molecule has 7 atom stereocenters. The first-order valence-electron chi connectivity index (χ1n) is 9.60. The highest BCUT2D eigenvalue weighted by atomic mass is 16.1. The molecule has 1 heteroatoms. The minimum atomic E-state index is 0.00421. The van der Waals surface area contributed by atoms with Crippen LogP contribution in [-0.4, -0.2) is 5.78 Å². The standard InChI is InChI=1S/C21H32O/c1-13-7-9-20(3)15(11-13)5-6-16-17(20)8-10-21(4)18(16)12-14(2)19(21)22/h5,13-14,16-18H,6-12H2,1-4H3/t13-,14-,16+,17-,18-,20-,21-/m0/s1. The zero-order valence-electron chi connectivity index (χ0n) is 14.8. The van der Waals surface area contributed by atoms with Crippen molar-refractivity contribution in [2.24, 2.45) is 40.4 Å². The summed E-state index contributed by atoms with van der Waals surface area (Å²) in [4.78, 5) is 12.7. The average Bonchev–Trinajstić information content (AvgIpc) is 2.72. The second kappa shape index (κ2) is 4.71. The molecule has 4 aliphatic rings. The van der Waals surface area contributed by atoms with Crippen molar-refractivity contribution >= 4 is 5.78 Å². The maximum atomic E-state index is 12.7. The molecular weight excluding hydrogens is 268 g/mol. The molecule has 4 aliphatic carbocycles. The molecule has 0 aliphatic heterocycles. The molecule has 4 rings (SSSR count). The van der Waals surface area contributed by atoms with Gasteiger partial charge in [-0.3, -0.25) is 4.79 Å². The summed E-state index contributed by atoms with van der Waals surface area (Å²) in [5.41, 5.74) is 2.23. The lowest BCUT2D eigenvalue weighted by Gasteiger charge is -2.57. The van der Waals surface area contributed by atoms with Crippen LogP contribution >= 0.6 is 0 Å². The maximum Gasteiger partial charge on any atom is 0.141 e. The molecule has 0 unspecified atom stereocenters. The maximum absolute atomic E-state index is 12.7. The van der Waals surface area contributed by atoms with Crippen molar-refractivity contribution in [2.45, 2.75) is 72.6 Å². The van der Waals surface area contributed by atoms with Crippen LogP contribution in [0.25, 0.3) is 0 Å². The average molecular weight is 300 g/mol. The van der Waals surface area contributed by atoms with Crippen LogP contribution in [-0.2, 0) is 4.79 Å². The zero-order valence-corrected chi connectivity index (χ0v) is 14.8. The first-order valence-corrected chi connectivity index (χ1v) is 9.60. The van der Waals surface area contributed by atoms with Crippen molar-refractivity contribution in [2.75, 3.05) is 0 Å². The van der Waals surface area contributed by atoms with Crippen LogP contribution in [0, 0.1) is 40.4 Å². The smallest absolute Gasteiger partial charge is 0.141 e. The predicted molar refractivity (Wildman–Crippen MR) is 90.4 cm³/mol. The summed E-state index contributed by atoms with van der Waals surface area (Å²) in [6, 6.07) is 0. The molecule has 122 valence electrons. The Morgan fingerprint density at radius 2 is 1.77 bits per heavy atom. The van der Waals surface area contributed by atoms with Gasteiger partial charge in [-0.15, -0.1) is 0 Å². The third-order valence-electron chi connectivity index (χ3n) is 8.36. The highest BCUT2D eigenvalue weighted by Gasteiger charge is 2.60. The van der Waals surface area contributed by atoms with Crippen molar-refractivity contribution in [3.05, 3.63) is 11.6 Å². The normalized spacial score (nSPS) is 54.3. The number of hydrogen-bond donors (Lipinski definition) is 0. The first kappa shape index (κ1) is 15.0. The van der Waals surface area contributed by atoms with Gasteiger partial charge >= 0.3 is 0 Å². The van der Waals surface area contributed by atoms with Crippen LogP contribution in [0.1, 0.15) is 72.6 Å². The van der Waals surface area contributed by atoms with Crippen LogP contribution in [0.4, 0.5) is 0 Å². The monoisotopic (exact) mass is 300 g/mol. The fraction of sp³-hybridized carbons (Fsp3) is 0.857. The van der Waals surface area contributed by atoms with E-state index in [1.54, 1.807) is 5.57 Å². The number of carbonyl (C=O) groups is 1. The Labute approximate surface area is 135 Å². The molecule has 0 spiro atoms. The second-order valence-electron chi connectivity index (χ2n) is 9.56. The molecule has 0 amide bonds. The highest BCUT2D eigenvalue weighted by Crippen LogP contribution is 2.64. The van der Waals surface area contributed by atoms with Gasteiger partial charge in [0.2, 0.25) is 0 Å². The van der Waals surface area contributed by atoms with Gasteiger partial charge in [-0.05, 0) is 74.0 Å². The van der Waals surface area contributed by atoms with Crippen LogP contribution in [0.3, 0.4) is 0 Å². The Bertz CT molecular complexity index is 532. The Hall–Kier alpha value is -0.590. The van der Waals surface area contributed by atoms with Gasteiger partial charge in [0.1, 0.15) is 5.78 Å². The Morgan fingerprint density at radius 1 is 1.05 bits per heavy atom. The quantitative estimate of drug-likeness (QED) is 0.547. The summed E-state index contributed by atoms with van der Waals surface area (Å²) in [5.74, 6) is 4.03. The van der Waals surface area contributed by atoms with E-state index in [0.717, 1.165) is 30.6 Å². The number of rotatable bonds is 0. The third kappa shape index (κ3) is 1.80. The van der Waals surface area contributed by atoms with Gasteiger partial charge in [-0.2, -0.15) is 0 Å². The number of carbonyl (C=O) groups excluding carboxylic acids is 1. The number of hydrogen-bond acceptors (Lipinski definition) is 1. The van der Waals surface area contributed by atoms with Gasteiger partial charge in [0.15, 0.2) is 0 Å². The van der Waals surface area contributed by atoms with Crippen LogP contribution in [0.15, 0.2) is 11.6 Å². The molecule has 0 aromatic heterocycles. The first-order chi connectivity index (χ1) is 10.4. The number of Topliss-reactive ketones (excluding diaryl/α,β-unsaturated/α-hetero) is 1. The van der Waals surface area contributed by atoms with Crippen molar-refractivity contribution in [1.29, 1.82) is 0 Å². The molecule has 22 heavy (non-hydrogen) atoms. The lowest BCUT2D eigenvalue weighted by Crippen LogP contribution is -2.50. The van der Waals surface area contributed by atoms with Crippen molar-refractivity contribution in [3.63, 3.8) is 0 Å². The van der Waals surface area contributed by atoms with Crippen molar-refractivity contribution < 1.29 is 4.79 Å². The van der Waals surface area contributed by atoms with Gasteiger partial charge < -0.3 is 0 Å². The van der Waals surface area contributed by atoms with Gasteiger partial charge in [0.05, 0.1) is 0 Å². The Balaban J connectivity index is 1.70. The summed E-state index contributed by atoms with van der Waals surface area (Å²) in [6.07, 6.45) is 11.6. The second-order valence-corrected chi connectivity index (χ2v) is 9.56. The minimum absolute atomic E-state index is 0.00421. The Morgan fingerprint density at radius 3 is 2.55 bits per heavy atom. The molecular formula is C21H32O. The molecule has 0 aromatic rings. The summed E-state index contributed by atoms with van der Waals surface area (Å²) in [6.45, 7) is 9.45. The fourth-order valence-corrected chi connectivity index (χ4v) is 6.95. The van der Waals surface area contributed by atoms with Gasteiger partial charge in [-0.1, -0.05) is 39.3 Å². The van der Waals surface area contributed by atoms with E-state index in [9.17, 15) is 4.79 Å². The topological polar surface area (TPSA) is 17.1 Å². The summed E-state index contributed by atoms with van der Waals surface area (Å²) in [5, 5.41) is 0. The predicted octanol–water partition coefficient (Wildman–Crippen LogP) is 5.40. The molecule has 0 heterocycles. The van der Waals surface area contributed by atoms with Crippen LogP contribution in [0.2, 0.25) is 0 Å². The Kier molecular flexibility index (Phi) is 3.20. The van der Waals surface area contributed by atoms with E-state index in [1.807, 2.05) is 0 Å². The van der Waals surface area contributed by atoms with Crippen LogP contribution in [0.5, 0.6) is 0 Å². The van der Waals surface area contributed by atoms with E-state index < -0.39 is 0 Å². The van der Waals surface area contributed by atoms with E-state index in [2.05, 4.69) is 33.8 Å². The van der Waals surface area contributed by atoms with Crippen molar-refractivity contribution in [1.82, 2.24) is 0 Å². The number of ketones is 1. The molecule has 0 saturated heterocycles. The molecule has 0 N–H and O–H groups in total. The fourth-order valence-electron chi connectivity index (χ4n) is 6.95. The van der Waals surface area contributed by atoms with Crippen LogP contribution < -0.4 is 0 Å². The SMILES string of the molecule is C[C@H]1CC[C@@]2(C)C(=CC[C@@H]3[C@@H]2CC[C@]2(C)C(=O)[C@@H](C)C[C@@H]32)C1. The van der Waals surface area contributed by atoms with Crippen molar-refractivity contribution in [3.8, 4) is 0 Å². The lowest BCUT2D eigenvalue weighted by atomic mass is 9.47. The van der Waals surface area contributed by atoms with E-state index in [0.29, 0.717) is 23.0 Å². The molecule has 0 aromatic carbocycles. The highest BCUT2D eigenvalue weighted by molar-refractivity contribution is 5.89. The zero-order chi connectivity index (χ0) is 15.7. The summed E-state index contributed by atoms with van der Waals surface area (Å²) < 4.78 is 0. The van der Waals surface area contributed by atoms with Gasteiger partial charge in [-0.25, -0.2) is 0 Å². The van der Waals surface area contributed by atoms with E-state index >= 15 is 0 Å². The largest absolute Gasteiger partial charge is 0.299 e. The molecule has 0 radical (unpaired) electrons. The molecule has 3 saturated carbocycles. The summed E-state index contributed by atoms with van der Waals surface area (Å²) in [7, 11) is 0. The van der Waals surface area contributed by atoms with E-state index in [4.69, 9.17) is 0 Å². The number of fused-ring (bicyclic) bond motifs is 5. The minimum Gasteiger partial charge on any atom is -0.299 e. The van der Waals surface area contributed by atoms with E-state index in [1.165, 1.54) is 32.1 Å². The van der Waals surface area contributed by atoms with Gasteiger partial charge in [0.25, 0.3) is 0 Å². The summed E-state index contributed by atoms with van der Waals surface area (Å²) >= 11 is 0. The molecule has 1 nitrogen and oxygen atoms in total. The lowest BCUT2D eigenvalue weighted by molar-refractivity contribution is -0.133. The molecule has 0 bridgehead atoms. The molecule has 3 fully saturated rings. The van der Waals surface area contributed by atoms with Gasteiger partial charge in [0, 0.05) is 11.3 Å². The third-order valence-corrected chi connectivity index (χ3v) is 8.36.